The number of carbonyl (C=O) groups excluding carboxylic acids is 1. The summed E-state index contributed by atoms with van der Waals surface area (Å²) in [6.45, 7) is 2.26. The SMILES string of the molecule is CCCC1(CC2(CCC(=O)OC)c3ccccc3-c3ncccc32)c2ccccc2-c2ncccc21. The number of hydrogen-bond acceptors (Lipinski definition) is 4. The van der Waals surface area contributed by atoms with Gasteiger partial charge in [-0.15, -0.1) is 0 Å². The first-order chi connectivity index (χ1) is 17.6. The van der Waals surface area contributed by atoms with Crippen molar-refractivity contribution in [1.29, 1.82) is 0 Å². The molecule has 36 heavy (non-hydrogen) atoms. The maximum absolute atomic E-state index is 12.5. The molecule has 2 aromatic heterocycles. The fourth-order valence-corrected chi connectivity index (χ4v) is 6.97. The summed E-state index contributed by atoms with van der Waals surface area (Å²) in [6, 6.07) is 25.9. The van der Waals surface area contributed by atoms with Crippen molar-refractivity contribution in [2.24, 2.45) is 0 Å². The fraction of sp³-hybridized carbons (Fsp3) is 0.281. The maximum atomic E-state index is 12.5. The molecule has 2 aromatic carbocycles. The highest BCUT2D eigenvalue weighted by Gasteiger charge is 2.53. The first-order valence-electron chi connectivity index (χ1n) is 12.8. The molecule has 2 unspecified atom stereocenters. The first kappa shape index (κ1) is 22.7. The van der Waals surface area contributed by atoms with Crippen LogP contribution in [0.25, 0.3) is 22.5 Å². The molecule has 4 heteroatoms. The number of esters is 1. The molecule has 2 atom stereocenters. The van der Waals surface area contributed by atoms with E-state index in [4.69, 9.17) is 14.7 Å². The Labute approximate surface area is 212 Å². The second-order valence-electron chi connectivity index (χ2n) is 10.1. The number of methoxy groups -OCH3 is 1. The molecule has 0 saturated carbocycles. The van der Waals surface area contributed by atoms with E-state index in [2.05, 4.69) is 73.7 Å². The first-order valence-corrected chi connectivity index (χ1v) is 12.8. The van der Waals surface area contributed by atoms with Crippen molar-refractivity contribution in [2.45, 2.75) is 49.9 Å². The topological polar surface area (TPSA) is 52.1 Å². The van der Waals surface area contributed by atoms with Crippen LogP contribution in [-0.4, -0.2) is 23.0 Å². The summed E-state index contributed by atoms with van der Waals surface area (Å²) < 4.78 is 5.12. The van der Waals surface area contributed by atoms with Crippen molar-refractivity contribution in [2.75, 3.05) is 7.11 Å². The van der Waals surface area contributed by atoms with Crippen LogP contribution in [0.4, 0.5) is 0 Å². The van der Waals surface area contributed by atoms with E-state index in [1.165, 1.54) is 40.5 Å². The van der Waals surface area contributed by atoms with Gasteiger partial charge in [0, 0.05) is 40.8 Å². The summed E-state index contributed by atoms with van der Waals surface area (Å²) in [5, 5.41) is 0. The summed E-state index contributed by atoms with van der Waals surface area (Å²) in [5.74, 6) is -0.178. The maximum Gasteiger partial charge on any atom is 0.305 e. The average Bonchev–Trinajstić information content (AvgIpc) is 3.36. The van der Waals surface area contributed by atoms with Crippen LogP contribution in [0, 0.1) is 0 Å². The molecule has 2 aliphatic rings. The lowest BCUT2D eigenvalue weighted by molar-refractivity contribution is -0.141. The molecular formula is C32H30N2O2. The quantitative estimate of drug-likeness (QED) is 0.275. The lowest BCUT2D eigenvalue weighted by atomic mass is 9.60. The van der Waals surface area contributed by atoms with Crippen LogP contribution in [-0.2, 0) is 20.4 Å². The molecule has 2 heterocycles. The van der Waals surface area contributed by atoms with Crippen molar-refractivity contribution in [3.63, 3.8) is 0 Å². The van der Waals surface area contributed by atoms with E-state index in [0.717, 1.165) is 30.7 Å². The molecule has 2 aliphatic carbocycles. The second-order valence-corrected chi connectivity index (χ2v) is 10.1. The van der Waals surface area contributed by atoms with Crippen molar-refractivity contribution in [3.05, 3.63) is 107 Å². The number of hydrogen-bond donors (Lipinski definition) is 0. The highest BCUT2D eigenvalue weighted by Crippen LogP contribution is 2.61. The van der Waals surface area contributed by atoms with Crippen LogP contribution in [0.5, 0.6) is 0 Å². The minimum Gasteiger partial charge on any atom is -0.469 e. The van der Waals surface area contributed by atoms with Crippen LogP contribution in [0.2, 0.25) is 0 Å². The Balaban J connectivity index is 1.63. The van der Waals surface area contributed by atoms with E-state index >= 15 is 0 Å². The minimum absolute atomic E-state index is 0.178. The van der Waals surface area contributed by atoms with Gasteiger partial charge in [-0.2, -0.15) is 0 Å². The lowest BCUT2D eigenvalue weighted by Gasteiger charge is -2.42. The highest BCUT2D eigenvalue weighted by atomic mass is 16.5. The normalized spacial score (nSPS) is 20.8. The summed E-state index contributed by atoms with van der Waals surface area (Å²) >= 11 is 0. The van der Waals surface area contributed by atoms with Crippen molar-refractivity contribution in [1.82, 2.24) is 9.97 Å². The van der Waals surface area contributed by atoms with Crippen molar-refractivity contribution in [3.8, 4) is 22.5 Å². The van der Waals surface area contributed by atoms with Gasteiger partial charge < -0.3 is 4.74 Å². The van der Waals surface area contributed by atoms with Gasteiger partial charge in [-0.1, -0.05) is 74.0 Å². The number of fused-ring (bicyclic) bond motifs is 6. The predicted molar refractivity (Wildman–Crippen MR) is 142 cm³/mol. The Bertz CT molecular complexity index is 1370. The molecule has 0 fully saturated rings. The summed E-state index contributed by atoms with van der Waals surface area (Å²) in [5.41, 5.74) is 9.00. The summed E-state index contributed by atoms with van der Waals surface area (Å²) in [6.07, 6.45) is 7.67. The van der Waals surface area contributed by atoms with E-state index in [9.17, 15) is 4.79 Å². The molecule has 0 radical (unpaired) electrons. The molecule has 180 valence electrons. The van der Waals surface area contributed by atoms with E-state index < -0.39 is 0 Å². The molecule has 6 rings (SSSR count). The van der Waals surface area contributed by atoms with Gasteiger partial charge >= 0.3 is 5.97 Å². The third-order valence-corrected chi connectivity index (χ3v) is 8.31. The van der Waals surface area contributed by atoms with Crippen LogP contribution >= 0.6 is 0 Å². The predicted octanol–water partition coefficient (Wildman–Crippen LogP) is 6.85. The molecular weight excluding hydrogens is 444 g/mol. The molecule has 0 amide bonds. The smallest absolute Gasteiger partial charge is 0.305 e. The zero-order valence-corrected chi connectivity index (χ0v) is 20.8. The Kier molecular flexibility index (Phi) is 5.48. The van der Waals surface area contributed by atoms with Gasteiger partial charge in [-0.05, 0) is 53.6 Å². The summed E-state index contributed by atoms with van der Waals surface area (Å²) in [4.78, 5) is 22.2. The monoisotopic (exact) mass is 474 g/mol. The Hall–Kier alpha value is -3.79. The number of nitrogens with zero attached hydrogens (tertiary/aromatic N) is 2. The van der Waals surface area contributed by atoms with Crippen LogP contribution in [0.1, 0.15) is 61.3 Å². The largest absolute Gasteiger partial charge is 0.469 e. The van der Waals surface area contributed by atoms with Gasteiger partial charge in [0.2, 0.25) is 0 Å². The van der Waals surface area contributed by atoms with Crippen LogP contribution < -0.4 is 0 Å². The zero-order chi connectivity index (χ0) is 24.8. The number of benzene rings is 2. The molecule has 0 aliphatic heterocycles. The second kappa shape index (κ2) is 8.70. The Morgan fingerprint density at radius 1 is 0.722 bits per heavy atom. The number of aromatic nitrogens is 2. The molecule has 0 spiro atoms. The van der Waals surface area contributed by atoms with E-state index in [1.807, 2.05) is 18.5 Å². The van der Waals surface area contributed by atoms with Gasteiger partial charge in [-0.3, -0.25) is 14.8 Å². The summed E-state index contributed by atoms with van der Waals surface area (Å²) in [7, 11) is 1.47. The third-order valence-electron chi connectivity index (χ3n) is 8.31. The van der Waals surface area contributed by atoms with Gasteiger partial charge in [-0.25, -0.2) is 0 Å². The number of ether oxygens (including phenoxy) is 1. The van der Waals surface area contributed by atoms with Gasteiger partial charge in [0.1, 0.15) is 0 Å². The fourth-order valence-electron chi connectivity index (χ4n) is 6.97. The number of rotatable bonds is 7. The zero-order valence-electron chi connectivity index (χ0n) is 20.8. The average molecular weight is 475 g/mol. The molecule has 4 aromatic rings. The van der Waals surface area contributed by atoms with Crippen molar-refractivity contribution >= 4 is 5.97 Å². The van der Waals surface area contributed by atoms with Gasteiger partial charge in [0.15, 0.2) is 0 Å². The number of carbonyl (C=O) groups is 1. The molecule has 0 saturated heterocycles. The van der Waals surface area contributed by atoms with E-state index in [0.29, 0.717) is 12.8 Å². The Morgan fingerprint density at radius 3 is 1.75 bits per heavy atom. The number of pyridine rings is 2. The van der Waals surface area contributed by atoms with Gasteiger partial charge in [0.05, 0.1) is 18.5 Å². The lowest BCUT2D eigenvalue weighted by Crippen LogP contribution is -2.38. The standard InChI is InChI=1S/C32H30N2O2/c1-3-17-31(24-12-6-4-10-22(24)29-26(31)14-8-19-33-29)21-32(18-16-28(35)36-2)25-13-7-5-11-23(25)30-27(32)15-9-20-34-30/h4-15,19-20H,3,16-18,21H2,1-2H3. The molecule has 0 N–H and O–H groups in total. The van der Waals surface area contributed by atoms with E-state index in [1.54, 1.807) is 0 Å². The van der Waals surface area contributed by atoms with Crippen molar-refractivity contribution < 1.29 is 9.53 Å². The van der Waals surface area contributed by atoms with E-state index in [-0.39, 0.29) is 16.8 Å². The third kappa shape index (κ3) is 3.17. The van der Waals surface area contributed by atoms with Gasteiger partial charge in [0.25, 0.3) is 0 Å². The molecule has 4 nitrogen and oxygen atoms in total. The Morgan fingerprint density at radius 2 is 1.22 bits per heavy atom. The molecule has 0 bridgehead atoms. The van der Waals surface area contributed by atoms with Crippen LogP contribution in [0.3, 0.4) is 0 Å². The highest BCUT2D eigenvalue weighted by molar-refractivity contribution is 5.82. The van der Waals surface area contributed by atoms with Crippen LogP contribution in [0.15, 0.2) is 85.2 Å². The minimum atomic E-state index is -0.381.